The predicted molar refractivity (Wildman–Crippen MR) is 100 cm³/mol. The normalized spacial score (nSPS) is 16.2. The summed E-state index contributed by atoms with van der Waals surface area (Å²) < 4.78 is 14.4. The highest BCUT2D eigenvalue weighted by Gasteiger charge is 2.19. The Bertz CT molecular complexity index is 968. The third-order valence-corrected chi connectivity index (χ3v) is 5.51. The van der Waals surface area contributed by atoms with Crippen LogP contribution in [-0.2, 0) is 6.54 Å². The third-order valence-electron chi connectivity index (χ3n) is 4.54. The zero-order valence-corrected chi connectivity index (χ0v) is 15.4. The molecule has 8 heteroatoms. The quantitative estimate of drug-likeness (QED) is 0.705. The van der Waals surface area contributed by atoms with Gasteiger partial charge in [-0.1, -0.05) is 23.5 Å². The van der Waals surface area contributed by atoms with Gasteiger partial charge in [-0.05, 0) is 31.0 Å². The van der Waals surface area contributed by atoms with Crippen molar-refractivity contribution in [1.29, 1.82) is 0 Å². The second-order valence-corrected chi connectivity index (χ2v) is 7.49. The lowest BCUT2D eigenvalue weighted by atomic mass is 10.2. The molecule has 1 saturated heterocycles. The van der Waals surface area contributed by atoms with E-state index in [9.17, 15) is 9.18 Å². The average Bonchev–Trinajstić information content (AvgIpc) is 2.90. The van der Waals surface area contributed by atoms with E-state index in [1.54, 1.807) is 0 Å². The summed E-state index contributed by atoms with van der Waals surface area (Å²) in [5.74, 6) is -0.203. The molecule has 1 aromatic carbocycles. The van der Waals surface area contributed by atoms with Gasteiger partial charge in [0.2, 0.25) is 10.1 Å². The fraction of sp³-hybridized carbons (Fsp3) is 0.389. The molecule has 1 aliphatic heterocycles. The Morgan fingerprint density at radius 1 is 1.15 bits per heavy atom. The fourth-order valence-electron chi connectivity index (χ4n) is 3.21. The van der Waals surface area contributed by atoms with E-state index in [4.69, 9.17) is 0 Å². The van der Waals surface area contributed by atoms with E-state index in [0.717, 1.165) is 49.8 Å². The molecule has 26 heavy (non-hydrogen) atoms. The summed E-state index contributed by atoms with van der Waals surface area (Å²) in [5.41, 5.74) is 1.69. The molecule has 3 heterocycles. The van der Waals surface area contributed by atoms with Crippen molar-refractivity contribution in [3.8, 4) is 0 Å². The molecule has 1 aliphatic rings. The first-order chi connectivity index (χ1) is 12.6. The molecular weight excluding hydrogens is 353 g/mol. The molecule has 0 bridgehead atoms. The van der Waals surface area contributed by atoms with Crippen LogP contribution in [0.3, 0.4) is 0 Å². The lowest BCUT2D eigenvalue weighted by molar-refractivity contribution is 0.285. The molecule has 0 amide bonds. The van der Waals surface area contributed by atoms with Crippen molar-refractivity contribution in [3.63, 3.8) is 0 Å². The highest BCUT2D eigenvalue weighted by Crippen LogP contribution is 2.23. The summed E-state index contributed by atoms with van der Waals surface area (Å²) in [7, 11) is 0. The molecule has 6 nitrogen and oxygen atoms in total. The maximum Gasteiger partial charge on any atom is 0.275 e. The van der Waals surface area contributed by atoms with Gasteiger partial charge in [0.25, 0.3) is 5.56 Å². The van der Waals surface area contributed by atoms with Crippen LogP contribution in [-0.4, -0.2) is 45.7 Å². The number of hydrogen-bond donors (Lipinski definition) is 0. The van der Waals surface area contributed by atoms with Crippen LogP contribution in [0.1, 0.15) is 17.7 Å². The summed E-state index contributed by atoms with van der Waals surface area (Å²) >= 11 is 1.45. The van der Waals surface area contributed by atoms with Gasteiger partial charge in [-0.2, -0.15) is 4.52 Å². The lowest BCUT2D eigenvalue weighted by Crippen LogP contribution is -2.30. The average molecular weight is 373 g/mol. The zero-order chi connectivity index (χ0) is 18.1. The Kier molecular flexibility index (Phi) is 4.69. The van der Waals surface area contributed by atoms with E-state index >= 15 is 0 Å². The number of aryl methyl sites for hydroxylation is 1. The molecule has 0 N–H and O–H groups in total. The first-order valence-electron chi connectivity index (χ1n) is 8.68. The van der Waals surface area contributed by atoms with E-state index < -0.39 is 0 Å². The van der Waals surface area contributed by atoms with Crippen LogP contribution in [0.25, 0.3) is 4.96 Å². The smallest absolute Gasteiger partial charge is 0.275 e. The van der Waals surface area contributed by atoms with Gasteiger partial charge in [-0.3, -0.25) is 9.69 Å². The van der Waals surface area contributed by atoms with Crippen molar-refractivity contribution >= 4 is 21.4 Å². The number of aromatic nitrogens is 3. The molecule has 136 valence electrons. The molecular formula is C18H20FN5OS. The summed E-state index contributed by atoms with van der Waals surface area (Å²) in [6.45, 7) is 6.25. The maximum atomic E-state index is 13.1. The number of nitrogens with zero attached hydrogens (tertiary/aromatic N) is 5. The van der Waals surface area contributed by atoms with Crippen molar-refractivity contribution < 1.29 is 4.39 Å². The molecule has 0 saturated carbocycles. The van der Waals surface area contributed by atoms with Crippen LogP contribution in [0.4, 0.5) is 9.52 Å². The van der Waals surface area contributed by atoms with Crippen LogP contribution in [0, 0.1) is 12.7 Å². The summed E-state index contributed by atoms with van der Waals surface area (Å²) in [4.78, 5) is 21.7. The van der Waals surface area contributed by atoms with Crippen molar-refractivity contribution in [1.82, 2.24) is 19.5 Å². The fourth-order valence-corrected chi connectivity index (χ4v) is 4.21. The number of anilines is 1. The van der Waals surface area contributed by atoms with Gasteiger partial charge in [-0.25, -0.2) is 9.37 Å². The first-order valence-corrected chi connectivity index (χ1v) is 9.49. The topological polar surface area (TPSA) is 53.7 Å². The van der Waals surface area contributed by atoms with Crippen molar-refractivity contribution in [2.75, 3.05) is 31.1 Å². The highest BCUT2D eigenvalue weighted by molar-refractivity contribution is 7.20. The Morgan fingerprint density at radius 3 is 2.77 bits per heavy atom. The molecule has 0 spiro atoms. The SMILES string of the molecule is Cc1cc(=O)n2nc(N3CCCN(Cc4ccc(F)cc4)CC3)sc2n1. The number of hydrogen-bond acceptors (Lipinski definition) is 6. The number of rotatable bonds is 3. The van der Waals surface area contributed by atoms with Gasteiger partial charge in [0, 0.05) is 44.5 Å². The van der Waals surface area contributed by atoms with E-state index in [1.807, 2.05) is 19.1 Å². The van der Waals surface area contributed by atoms with Gasteiger partial charge < -0.3 is 4.90 Å². The van der Waals surface area contributed by atoms with Gasteiger partial charge in [-0.15, -0.1) is 5.10 Å². The molecule has 0 aliphatic carbocycles. The van der Waals surface area contributed by atoms with Crippen LogP contribution in [0.15, 0.2) is 35.1 Å². The number of benzene rings is 1. The third kappa shape index (κ3) is 3.61. The number of fused-ring (bicyclic) bond motifs is 1. The standard InChI is InChI=1S/C18H20FN5OS/c1-13-11-16(25)24-17(20-13)26-18(21-24)23-8-2-7-22(9-10-23)12-14-3-5-15(19)6-4-14/h3-6,11H,2,7-10,12H2,1H3. The molecule has 3 aromatic rings. The first kappa shape index (κ1) is 17.1. The molecule has 1 fully saturated rings. The van der Waals surface area contributed by atoms with Gasteiger partial charge in [0.05, 0.1) is 0 Å². The Balaban J connectivity index is 1.47. The largest absolute Gasteiger partial charge is 0.345 e. The van der Waals surface area contributed by atoms with Crippen LogP contribution < -0.4 is 10.5 Å². The Hall–Kier alpha value is -2.32. The van der Waals surface area contributed by atoms with Crippen LogP contribution in [0.2, 0.25) is 0 Å². The van der Waals surface area contributed by atoms with E-state index in [-0.39, 0.29) is 11.4 Å². The maximum absolute atomic E-state index is 13.1. The van der Waals surface area contributed by atoms with Crippen molar-refractivity contribution in [2.45, 2.75) is 19.9 Å². The minimum atomic E-state index is -0.203. The molecule has 0 radical (unpaired) electrons. The monoisotopic (exact) mass is 373 g/mol. The molecule has 0 atom stereocenters. The minimum absolute atomic E-state index is 0.136. The van der Waals surface area contributed by atoms with Gasteiger partial charge >= 0.3 is 0 Å². The zero-order valence-electron chi connectivity index (χ0n) is 14.6. The predicted octanol–water partition coefficient (Wildman–Crippen LogP) is 2.31. The molecule has 0 unspecified atom stereocenters. The Morgan fingerprint density at radius 2 is 1.96 bits per heavy atom. The van der Waals surface area contributed by atoms with Crippen LogP contribution in [0.5, 0.6) is 0 Å². The summed E-state index contributed by atoms with van der Waals surface area (Å²) in [5, 5.41) is 5.30. The molecule has 2 aromatic heterocycles. The molecule has 4 rings (SSSR count). The second kappa shape index (κ2) is 7.13. The Labute approximate surface area is 154 Å². The van der Waals surface area contributed by atoms with E-state index in [0.29, 0.717) is 10.7 Å². The van der Waals surface area contributed by atoms with Crippen LogP contribution >= 0.6 is 11.3 Å². The van der Waals surface area contributed by atoms with Crippen molar-refractivity contribution in [2.24, 2.45) is 0 Å². The minimum Gasteiger partial charge on any atom is -0.345 e. The van der Waals surface area contributed by atoms with Gasteiger partial charge in [0.1, 0.15) is 5.82 Å². The van der Waals surface area contributed by atoms with Crippen molar-refractivity contribution in [3.05, 3.63) is 57.8 Å². The second-order valence-electron chi connectivity index (χ2n) is 6.56. The summed E-state index contributed by atoms with van der Waals surface area (Å²) in [6, 6.07) is 8.20. The number of halogens is 1. The van der Waals surface area contributed by atoms with E-state index in [2.05, 4.69) is 19.9 Å². The van der Waals surface area contributed by atoms with Gasteiger partial charge in [0.15, 0.2) is 0 Å². The highest BCUT2D eigenvalue weighted by atomic mass is 32.1. The summed E-state index contributed by atoms with van der Waals surface area (Å²) in [6.07, 6.45) is 1.01. The van der Waals surface area contributed by atoms with E-state index in [1.165, 1.54) is 34.1 Å². The lowest BCUT2D eigenvalue weighted by Gasteiger charge is -2.21.